The number of aryl methyl sites for hydroxylation is 1. The van der Waals surface area contributed by atoms with Crippen LogP contribution in [0.4, 0.5) is 0 Å². The van der Waals surface area contributed by atoms with Crippen LogP contribution in [0.25, 0.3) is 29.2 Å². The molecule has 4 N–H and O–H groups in total. The van der Waals surface area contributed by atoms with Crippen molar-refractivity contribution >= 4 is 18.0 Å². The van der Waals surface area contributed by atoms with Gasteiger partial charge in [0.25, 0.3) is 0 Å². The van der Waals surface area contributed by atoms with Crippen molar-refractivity contribution in [1.82, 2.24) is 20.2 Å². The Kier molecular flexibility index (Phi) is 4.83. The van der Waals surface area contributed by atoms with E-state index in [1.807, 2.05) is 30.5 Å². The highest BCUT2D eigenvalue weighted by Gasteiger charge is 2.18. The summed E-state index contributed by atoms with van der Waals surface area (Å²) in [6.45, 7) is 6.84. The van der Waals surface area contributed by atoms with E-state index >= 15 is 0 Å². The minimum absolute atomic E-state index is 0.0731. The van der Waals surface area contributed by atoms with Crippen LogP contribution in [-0.4, -0.2) is 41.2 Å². The van der Waals surface area contributed by atoms with Crippen molar-refractivity contribution < 1.29 is 4.74 Å². The van der Waals surface area contributed by atoms with Gasteiger partial charge < -0.3 is 20.7 Å². The molecule has 2 aliphatic rings. The number of ether oxygens (including phenoxy) is 1. The maximum Gasteiger partial charge on any atom is 0.173 e. The first-order valence-electron chi connectivity index (χ1n) is 9.35. The third-order valence-corrected chi connectivity index (χ3v) is 4.97. The van der Waals surface area contributed by atoms with Crippen molar-refractivity contribution in [2.24, 2.45) is 5.73 Å². The summed E-state index contributed by atoms with van der Waals surface area (Å²) in [6, 6.07) is 8.08. The lowest BCUT2D eigenvalue weighted by Gasteiger charge is -2.31. The van der Waals surface area contributed by atoms with Gasteiger partial charge >= 0.3 is 0 Å². The molecule has 0 atom stereocenters. The molecular weight excluding hydrogens is 352 g/mol. The second-order valence-corrected chi connectivity index (χ2v) is 6.98. The molecule has 0 amide bonds. The molecule has 1 fully saturated rings. The Labute approximate surface area is 163 Å². The summed E-state index contributed by atoms with van der Waals surface area (Å²) in [5.74, 6) is 0.958. The van der Waals surface area contributed by atoms with E-state index < -0.39 is 0 Å². The molecular formula is C21H24N6O. The van der Waals surface area contributed by atoms with Crippen LogP contribution in [-0.2, 0) is 4.74 Å². The first kappa shape index (κ1) is 18.2. The monoisotopic (exact) mass is 376 g/mol. The molecule has 3 heterocycles. The number of fused-ring (bicyclic) bond motifs is 1. The third-order valence-electron chi connectivity index (χ3n) is 4.97. The van der Waals surface area contributed by atoms with E-state index in [0.717, 1.165) is 40.9 Å². The predicted octanol–water partition coefficient (Wildman–Crippen LogP) is -0.00991. The molecule has 144 valence electrons. The average Bonchev–Trinajstić information content (AvgIpc) is 2.84. The number of rotatable bonds is 2. The SMILES string of the molecule is C/C(N)=c1\nc(-c2ccccc2C)c2c(nc1=N)C=C(N1CCOCC1)NC=2. The summed E-state index contributed by atoms with van der Waals surface area (Å²) in [4.78, 5) is 11.6. The maximum atomic E-state index is 8.41. The van der Waals surface area contributed by atoms with E-state index in [4.69, 9.17) is 20.9 Å². The van der Waals surface area contributed by atoms with Crippen molar-refractivity contribution in [3.05, 3.63) is 57.4 Å². The van der Waals surface area contributed by atoms with E-state index in [1.54, 1.807) is 6.92 Å². The molecule has 1 aromatic carbocycles. The normalized spacial score (nSPS) is 17.1. The summed E-state index contributed by atoms with van der Waals surface area (Å²) in [6.07, 6.45) is 3.91. The molecule has 1 aromatic heterocycles. The number of hydrogen-bond acceptors (Lipinski definition) is 7. The summed E-state index contributed by atoms with van der Waals surface area (Å²) < 4.78 is 5.45. The highest BCUT2D eigenvalue weighted by atomic mass is 16.5. The zero-order chi connectivity index (χ0) is 19.7. The fraction of sp³-hybridized carbons (Fsp3) is 0.286. The van der Waals surface area contributed by atoms with Gasteiger partial charge in [-0.2, -0.15) is 0 Å². The lowest BCUT2D eigenvalue weighted by atomic mass is 10.0. The van der Waals surface area contributed by atoms with Gasteiger partial charge in [0.1, 0.15) is 11.2 Å². The number of morpholine rings is 1. The summed E-state index contributed by atoms with van der Waals surface area (Å²) >= 11 is 0. The third kappa shape index (κ3) is 3.36. The van der Waals surface area contributed by atoms with Gasteiger partial charge in [0.05, 0.1) is 24.6 Å². The van der Waals surface area contributed by atoms with Gasteiger partial charge in [0.2, 0.25) is 0 Å². The van der Waals surface area contributed by atoms with Crippen LogP contribution in [0.3, 0.4) is 0 Å². The molecule has 28 heavy (non-hydrogen) atoms. The Morgan fingerprint density at radius 1 is 1.21 bits per heavy atom. The first-order chi connectivity index (χ1) is 13.5. The summed E-state index contributed by atoms with van der Waals surface area (Å²) in [5.41, 5.74) is 10.2. The standard InChI is InChI=1S/C21H24N6O/c1-13-5-3-4-6-15(13)20-16-12-24-18(27-7-9-28-10-8-27)11-17(16)25-21(23)19(26-20)14(2)22/h3-6,11-12,23-24H,7-10,22H2,1-2H3/b19-14+,23-21?. The van der Waals surface area contributed by atoms with Crippen LogP contribution in [0.1, 0.15) is 18.2 Å². The molecule has 2 aliphatic heterocycles. The summed E-state index contributed by atoms with van der Waals surface area (Å²) in [5, 5.41) is 13.1. The second kappa shape index (κ2) is 7.44. The zero-order valence-electron chi connectivity index (χ0n) is 16.1. The van der Waals surface area contributed by atoms with Crippen molar-refractivity contribution in [2.75, 3.05) is 26.3 Å². The smallest absolute Gasteiger partial charge is 0.173 e. The van der Waals surface area contributed by atoms with E-state index in [9.17, 15) is 0 Å². The molecule has 2 aromatic rings. The number of aromatic nitrogens is 2. The Morgan fingerprint density at radius 2 is 1.96 bits per heavy atom. The number of hydrogen-bond donors (Lipinski definition) is 3. The van der Waals surface area contributed by atoms with Gasteiger partial charge in [0, 0.05) is 41.8 Å². The number of nitrogens with two attached hydrogens (primary N) is 1. The fourth-order valence-corrected chi connectivity index (χ4v) is 3.46. The van der Waals surface area contributed by atoms with Crippen LogP contribution in [0.5, 0.6) is 0 Å². The van der Waals surface area contributed by atoms with Gasteiger partial charge in [-0.05, 0) is 19.4 Å². The molecule has 0 bridgehead atoms. The van der Waals surface area contributed by atoms with Crippen LogP contribution >= 0.6 is 0 Å². The van der Waals surface area contributed by atoms with Gasteiger partial charge in [-0.15, -0.1) is 0 Å². The van der Waals surface area contributed by atoms with E-state index in [-0.39, 0.29) is 5.49 Å². The first-order valence-corrected chi connectivity index (χ1v) is 9.35. The fourth-order valence-electron chi connectivity index (χ4n) is 3.46. The van der Waals surface area contributed by atoms with Crippen molar-refractivity contribution in [3.8, 4) is 11.3 Å². The van der Waals surface area contributed by atoms with Gasteiger partial charge in [0.15, 0.2) is 5.49 Å². The summed E-state index contributed by atoms with van der Waals surface area (Å²) in [7, 11) is 0. The zero-order valence-corrected chi connectivity index (χ0v) is 16.1. The van der Waals surface area contributed by atoms with Gasteiger partial charge in [-0.3, -0.25) is 5.41 Å². The van der Waals surface area contributed by atoms with Gasteiger partial charge in [-0.1, -0.05) is 24.3 Å². The van der Waals surface area contributed by atoms with Crippen molar-refractivity contribution in [1.29, 1.82) is 5.41 Å². The van der Waals surface area contributed by atoms with Gasteiger partial charge in [-0.25, -0.2) is 9.97 Å². The second-order valence-electron chi connectivity index (χ2n) is 6.98. The molecule has 0 saturated carbocycles. The molecule has 0 spiro atoms. The molecule has 0 aliphatic carbocycles. The Morgan fingerprint density at radius 3 is 2.68 bits per heavy atom. The van der Waals surface area contributed by atoms with Crippen LogP contribution < -0.4 is 27.1 Å². The topological polar surface area (TPSA) is 100 Å². The minimum atomic E-state index is 0.0731. The number of benzene rings is 1. The predicted molar refractivity (Wildman–Crippen MR) is 109 cm³/mol. The van der Waals surface area contributed by atoms with Crippen molar-refractivity contribution in [2.45, 2.75) is 13.8 Å². The highest BCUT2D eigenvalue weighted by molar-refractivity contribution is 5.69. The van der Waals surface area contributed by atoms with E-state index in [1.165, 1.54) is 0 Å². The molecule has 7 heteroatoms. The Hall–Kier alpha value is -3.19. The van der Waals surface area contributed by atoms with Crippen LogP contribution in [0, 0.1) is 12.3 Å². The average molecular weight is 376 g/mol. The van der Waals surface area contributed by atoms with Crippen LogP contribution in [0.15, 0.2) is 30.1 Å². The quantitative estimate of drug-likeness (QED) is 0.682. The number of nitrogens with one attached hydrogen (secondary N) is 2. The molecule has 1 saturated heterocycles. The lowest BCUT2D eigenvalue weighted by Crippen LogP contribution is -2.40. The van der Waals surface area contributed by atoms with E-state index in [0.29, 0.717) is 30.0 Å². The number of nitrogens with zero attached hydrogens (tertiary/aromatic N) is 3. The molecule has 7 nitrogen and oxygen atoms in total. The lowest BCUT2D eigenvalue weighted by molar-refractivity contribution is 0.0521. The van der Waals surface area contributed by atoms with Crippen molar-refractivity contribution in [3.63, 3.8) is 0 Å². The molecule has 0 radical (unpaired) electrons. The molecule has 0 unspecified atom stereocenters. The van der Waals surface area contributed by atoms with Crippen LogP contribution in [0.2, 0.25) is 0 Å². The Balaban J connectivity index is 1.99. The largest absolute Gasteiger partial charge is 0.400 e. The van der Waals surface area contributed by atoms with E-state index in [2.05, 4.69) is 28.2 Å². The minimum Gasteiger partial charge on any atom is -0.400 e. The maximum absolute atomic E-state index is 8.41. The highest BCUT2D eigenvalue weighted by Crippen LogP contribution is 2.18. The molecule has 4 rings (SSSR count). The Bertz CT molecular complexity index is 1130.